The minimum absolute atomic E-state index is 0.0972. The van der Waals surface area contributed by atoms with Gasteiger partial charge in [-0.3, -0.25) is 0 Å². The van der Waals surface area contributed by atoms with E-state index in [0.29, 0.717) is 5.92 Å². The summed E-state index contributed by atoms with van der Waals surface area (Å²) in [7, 11) is 0. The summed E-state index contributed by atoms with van der Waals surface area (Å²) >= 11 is 0. The molecule has 2 atom stereocenters. The first-order valence-corrected chi connectivity index (χ1v) is 6.70. The average molecular weight is 234 g/mol. The molecule has 1 aromatic carbocycles. The lowest BCUT2D eigenvalue weighted by molar-refractivity contribution is 0.116. The van der Waals surface area contributed by atoms with E-state index in [1.54, 1.807) is 0 Å². The third-order valence-corrected chi connectivity index (χ3v) is 3.72. The van der Waals surface area contributed by atoms with Crippen LogP contribution in [-0.2, 0) is 6.42 Å². The lowest BCUT2D eigenvalue weighted by Gasteiger charge is -2.15. The fraction of sp³-hybridized carbons (Fsp3) is 0.600. The normalized spacial score (nSPS) is 23.9. The van der Waals surface area contributed by atoms with E-state index in [0.717, 1.165) is 44.5 Å². The summed E-state index contributed by atoms with van der Waals surface area (Å²) in [6.07, 6.45) is 5.16. The van der Waals surface area contributed by atoms with Crippen molar-refractivity contribution in [1.29, 1.82) is 0 Å². The lowest BCUT2D eigenvalue weighted by atomic mass is 10.0. The molecule has 2 heteroatoms. The Labute approximate surface area is 104 Å². The Balaban J connectivity index is 1.81. The van der Waals surface area contributed by atoms with E-state index >= 15 is 0 Å². The topological polar surface area (TPSA) is 29.5 Å². The van der Waals surface area contributed by atoms with Crippen LogP contribution in [0.5, 0.6) is 5.75 Å². The maximum absolute atomic E-state index is 9.73. The number of ether oxygens (including phenoxy) is 1. The molecule has 1 fully saturated rings. The van der Waals surface area contributed by atoms with Crippen LogP contribution < -0.4 is 4.74 Å². The Bertz CT molecular complexity index is 349. The smallest absolute Gasteiger partial charge is 0.122 e. The van der Waals surface area contributed by atoms with Gasteiger partial charge in [0.05, 0.1) is 12.7 Å². The second-order valence-electron chi connectivity index (χ2n) is 4.86. The molecule has 1 aromatic rings. The molecule has 0 saturated heterocycles. The summed E-state index contributed by atoms with van der Waals surface area (Å²) in [6.45, 7) is 2.86. The number of hydrogen-bond donors (Lipinski definition) is 1. The summed E-state index contributed by atoms with van der Waals surface area (Å²) in [6, 6.07) is 8.20. The molecule has 2 unspecified atom stereocenters. The third kappa shape index (κ3) is 3.22. The van der Waals surface area contributed by atoms with Gasteiger partial charge in [0, 0.05) is 0 Å². The summed E-state index contributed by atoms with van der Waals surface area (Å²) < 4.78 is 5.83. The number of aliphatic hydroxyl groups is 1. The molecule has 1 aliphatic carbocycles. The molecule has 94 valence electrons. The van der Waals surface area contributed by atoms with Crippen LogP contribution in [0.1, 0.15) is 38.2 Å². The highest BCUT2D eigenvalue weighted by molar-refractivity contribution is 5.33. The van der Waals surface area contributed by atoms with Gasteiger partial charge in [0.2, 0.25) is 0 Å². The van der Waals surface area contributed by atoms with E-state index in [-0.39, 0.29) is 6.10 Å². The van der Waals surface area contributed by atoms with Gasteiger partial charge in [0.1, 0.15) is 5.75 Å². The van der Waals surface area contributed by atoms with Gasteiger partial charge in [-0.2, -0.15) is 0 Å². The predicted molar refractivity (Wildman–Crippen MR) is 69.3 cm³/mol. The quantitative estimate of drug-likeness (QED) is 0.848. The highest BCUT2D eigenvalue weighted by Gasteiger charge is 2.24. The third-order valence-electron chi connectivity index (χ3n) is 3.72. The molecular weight excluding hydrogens is 212 g/mol. The van der Waals surface area contributed by atoms with E-state index < -0.39 is 0 Å². The maximum atomic E-state index is 9.73. The summed E-state index contributed by atoms with van der Waals surface area (Å²) in [5.41, 5.74) is 1.26. The number of para-hydroxylation sites is 1. The molecule has 0 aromatic heterocycles. The molecule has 1 saturated carbocycles. The van der Waals surface area contributed by atoms with Crippen molar-refractivity contribution in [3.63, 3.8) is 0 Å². The molecule has 0 amide bonds. The molecule has 2 nitrogen and oxygen atoms in total. The lowest BCUT2D eigenvalue weighted by Crippen LogP contribution is -2.16. The predicted octanol–water partition coefficient (Wildman–Crippen LogP) is 3.18. The van der Waals surface area contributed by atoms with E-state index in [2.05, 4.69) is 13.0 Å². The minimum Gasteiger partial charge on any atom is -0.493 e. The molecule has 0 heterocycles. The van der Waals surface area contributed by atoms with Gasteiger partial charge in [0.15, 0.2) is 0 Å². The van der Waals surface area contributed by atoms with Crippen LogP contribution >= 0.6 is 0 Å². The summed E-state index contributed by atoms with van der Waals surface area (Å²) in [4.78, 5) is 0. The highest BCUT2D eigenvalue weighted by atomic mass is 16.5. The van der Waals surface area contributed by atoms with Gasteiger partial charge in [0.25, 0.3) is 0 Å². The Kier molecular flexibility index (Phi) is 4.43. The maximum Gasteiger partial charge on any atom is 0.122 e. The van der Waals surface area contributed by atoms with Crippen molar-refractivity contribution in [3.05, 3.63) is 29.8 Å². The number of hydrogen-bond acceptors (Lipinski definition) is 2. The zero-order valence-electron chi connectivity index (χ0n) is 10.6. The monoisotopic (exact) mass is 234 g/mol. The van der Waals surface area contributed by atoms with Crippen LogP contribution in [0.15, 0.2) is 24.3 Å². The van der Waals surface area contributed by atoms with E-state index in [1.165, 1.54) is 5.56 Å². The Morgan fingerprint density at radius 2 is 2.12 bits per heavy atom. The van der Waals surface area contributed by atoms with Crippen molar-refractivity contribution in [1.82, 2.24) is 0 Å². The molecule has 0 bridgehead atoms. The molecule has 0 radical (unpaired) electrons. The Morgan fingerprint density at radius 1 is 1.29 bits per heavy atom. The van der Waals surface area contributed by atoms with Crippen molar-refractivity contribution < 1.29 is 9.84 Å². The number of rotatable bonds is 5. The zero-order chi connectivity index (χ0) is 12.1. The fourth-order valence-corrected chi connectivity index (χ4v) is 2.61. The highest BCUT2D eigenvalue weighted by Crippen LogP contribution is 2.28. The van der Waals surface area contributed by atoms with Gasteiger partial charge in [-0.05, 0) is 43.2 Å². The van der Waals surface area contributed by atoms with Gasteiger partial charge < -0.3 is 9.84 Å². The molecule has 0 aliphatic heterocycles. The van der Waals surface area contributed by atoms with Crippen LogP contribution in [0.2, 0.25) is 0 Å². The van der Waals surface area contributed by atoms with E-state index in [9.17, 15) is 5.11 Å². The van der Waals surface area contributed by atoms with Crippen molar-refractivity contribution >= 4 is 0 Å². The van der Waals surface area contributed by atoms with Crippen LogP contribution in [0.25, 0.3) is 0 Å². The van der Waals surface area contributed by atoms with Gasteiger partial charge in [-0.25, -0.2) is 0 Å². The van der Waals surface area contributed by atoms with Crippen LogP contribution in [0.3, 0.4) is 0 Å². The van der Waals surface area contributed by atoms with E-state index in [4.69, 9.17) is 4.74 Å². The number of aryl methyl sites for hydroxylation is 1. The molecule has 2 rings (SSSR count). The van der Waals surface area contributed by atoms with Crippen LogP contribution in [-0.4, -0.2) is 17.8 Å². The standard InChI is InChI=1S/C15H22O2/c1-2-12-6-3-4-9-15(12)17-11-10-13-7-5-8-14(13)16/h3-4,6,9,13-14,16H,2,5,7-8,10-11H2,1H3. The Hall–Kier alpha value is -1.02. The number of benzene rings is 1. The van der Waals surface area contributed by atoms with Gasteiger partial charge >= 0.3 is 0 Å². The summed E-state index contributed by atoms with van der Waals surface area (Å²) in [5.74, 6) is 1.45. The van der Waals surface area contributed by atoms with Crippen molar-refractivity contribution in [2.24, 2.45) is 5.92 Å². The molecule has 17 heavy (non-hydrogen) atoms. The number of aliphatic hydroxyl groups excluding tert-OH is 1. The van der Waals surface area contributed by atoms with Gasteiger partial charge in [-0.1, -0.05) is 31.5 Å². The first kappa shape index (κ1) is 12.4. The molecule has 0 spiro atoms. The first-order valence-electron chi connectivity index (χ1n) is 6.70. The fourth-order valence-electron chi connectivity index (χ4n) is 2.61. The van der Waals surface area contributed by atoms with Crippen molar-refractivity contribution in [3.8, 4) is 5.75 Å². The van der Waals surface area contributed by atoms with Crippen LogP contribution in [0, 0.1) is 5.92 Å². The molecule has 1 N–H and O–H groups in total. The van der Waals surface area contributed by atoms with Gasteiger partial charge in [-0.15, -0.1) is 0 Å². The van der Waals surface area contributed by atoms with Crippen molar-refractivity contribution in [2.45, 2.75) is 45.1 Å². The van der Waals surface area contributed by atoms with Crippen molar-refractivity contribution in [2.75, 3.05) is 6.61 Å². The molecule has 1 aliphatic rings. The van der Waals surface area contributed by atoms with E-state index in [1.807, 2.05) is 18.2 Å². The summed E-state index contributed by atoms with van der Waals surface area (Å²) in [5, 5.41) is 9.73. The first-order chi connectivity index (χ1) is 8.31. The largest absolute Gasteiger partial charge is 0.493 e. The average Bonchev–Trinajstić information content (AvgIpc) is 2.76. The second kappa shape index (κ2) is 6.06. The molecular formula is C15H22O2. The zero-order valence-corrected chi connectivity index (χ0v) is 10.6. The SMILES string of the molecule is CCc1ccccc1OCCC1CCCC1O. The Morgan fingerprint density at radius 3 is 2.82 bits per heavy atom. The second-order valence-corrected chi connectivity index (χ2v) is 4.86. The minimum atomic E-state index is -0.0972. The van der Waals surface area contributed by atoms with Crippen LogP contribution in [0.4, 0.5) is 0 Å².